The van der Waals surface area contributed by atoms with Crippen molar-refractivity contribution in [3.63, 3.8) is 0 Å². The van der Waals surface area contributed by atoms with Crippen LogP contribution < -0.4 is 10.1 Å². The topological polar surface area (TPSA) is 41.6 Å². The first-order valence-corrected chi connectivity index (χ1v) is 6.56. The molecule has 0 unspecified atom stereocenters. The van der Waals surface area contributed by atoms with Crippen LogP contribution >= 0.6 is 0 Å². The quantitative estimate of drug-likeness (QED) is 0.909. The Hall–Kier alpha value is -1.78. The predicted molar refractivity (Wildman–Crippen MR) is 71.9 cm³/mol. The second-order valence-corrected chi connectivity index (χ2v) is 4.64. The number of amides is 1. The van der Waals surface area contributed by atoms with Crippen LogP contribution in [0.1, 0.15) is 19.3 Å². The number of carbonyl (C=O) groups excluding carboxylic acids is 1. The maximum Gasteiger partial charge on any atom is 0.241 e. The van der Waals surface area contributed by atoms with E-state index < -0.39 is 5.82 Å². The Balaban J connectivity index is 1.89. The minimum absolute atomic E-state index is 0.0861. The molecule has 1 fully saturated rings. The lowest BCUT2D eigenvalue weighted by atomic mass is 10.1. The molecule has 2 rings (SSSR count). The molecule has 1 aliphatic heterocycles. The van der Waals surface area contributed by atoms with Crippen LogP contribution in [0.5, 0.6) is 5.75 Å². The summed E-state index contributed by atoms with van der Waals surface area (Å²) in [7, 11) is 1.42. The van der Waals surface area contributed by atoms with Gasteiger partial charge in [0.25, 0.3) is 0 Å². The highest BCUT2D eigenvalue weighted by molar-refractivity contribution is 5.81. The van der Waals surface area contributed by atoms with E-state index in [0.29, 0.717) is 5.69 Å². The third-order valence-electron chi connectivity index (χ3n) is 3.30. The van der Waals surface area contributed by atoms with Gasteiger partial charge in [-0.1, -0.05) is 0 Å². The summed E-state index contributed by atoms with van der Waals surface area (Å²) in [5.74, 6) is -0.145. The molecule has 0 aromatic heterocycles. The van der Waals surface area contributed by atoms with Crippen molar-refractivity contribution in [1.82, 2.24) is 4.90 Å². The number of benzene rings is 1. The summed E-state index contributed by atoms with van der Waals surface area (Å²) >= 11 is 0. The number of methoxy groups -OCH3 is 1. The molecular weight excluding hydrogens is 247 g/mol. The van der Waals surface area contributed by atoms with Crippen molar-refractivity contribution >= 4 is 11.6 Å². The van der Waals surface area contributed by atoms with Crippen LogP contribution in [-0.2, 0) is 4.79 Å². The monoisotopic (exact) mass is 266 g/mol. The molecule has 19 heavy (non-hydrogen) atoms. The summed E-state index contributed by atoms with van der Waals surface area (Å²) in [4.78, 5) is 13.8. The van der Waals surface area contributed by atoms with Crippen molar-refractivity contribution in [2.45, 2.75) is 19.3 Å². The maximum atomic E-state index is 13.2. The van der Waals surface area contributed by atoms with Crippen LogP contribution in [0.25, 0.3) is 0 Å². The first-order chi connectivity index (χ1) is 9.20. The second kappa shape index (κ2) is 6.41. The fourth-order valence-electron chi connectivity index (χ4n) is 2.20. The number of piperidine rings is 1. The molecule has 1 aliphatic rings. The molecule has 1 amide bonds. The summed E-state index contributed by atoms with van der Waals surface area (Å²) in [6.07, 6.45) is 3.36. The van der Waals surface area contributed by atoms with Crippen molar-refractivity contribution in [3.05, 3.63) is 24.0 Å². The largest absolute Gasteiger partial charge is 0.494 e. The fraction of sp³-hybridized carbons (Fsp3) is 0.500. The minimum atomic E-state index is -0.407. The van der Waals surface area contributed by atoms with Crippen LogP contribution in [0.4, 0.5) is 10.1 Å². The predicted octanol–water partition coefficient (Wildman–Crippen LogP) is 2.26. The Bertz CT molecular complexity index is 445. The van der Waals surface area contributed by atoms with E-state index in [1.165, 1.54) is 19.6 Å². The summed E-state index contributed by atoms with van der Waals surface area (Å²) < 4.78 is 18.1. The molecule has 1 N–H and O–H groups in total. The SMILES string of the molecule is COc1cc(NCC(=O)N2CCCCC2)ccc1F. The van der Waals surface area contributed by atoms with Crippen LogP contribution in [0, 0.1) is 5.82 Å². The van der Waals surface area contributed by atoms with E-state index in [-0.39, 0.29) is 18.2 Å². The Morgan fingerprint density at radius 1 is 1.37 bits per heavy atom. The van der Waals surface area contributed by atoms with Gasteiger partial charge in [0, 0.05) is 24.8 Å². The summed E-state index contributed by atoms with van der Waals surface area (Å²) in [5.41, 5.74) is 0.684. The van der Waals surface area contributed by atoms with Gasteiger partial charge in [0.1, 0.15) is 0 Å². The first-order valence-electron chi connectivity index (χ1n) is 6.56. The summed E-state index contributed by atoms with van der Waals surface area (Å²) in [5, 5.41) is 3.01. The highest BCUT2D eigenvalue weighted by atomic mass is 19.1. The van der Waals surface area contributed by atoms with Crippen molar-refractivity contribution in [1.29, 1.82) is 0 Å². The van der Waals surface area contributed by atoms with Crippen LogP contribution in [0.15, 0.2) is 18.2 Å². The van der Waals surface area contributed by atoms with E-state index in [4.69, 9.17) is 4.74 Å². The molecule has 1 aromatic rings. The number of halogens is 1. The maximum absolute atomic E-state index is 13.2. The van der Waals surface area contributed by atoms with Crippen LogP contribution in [-0.4, -0.2) is 37.6 Å². The van der Waals surface area contributed by atoms with E-state index in [2.05, 4.69) is 5.32 Å². The summed E-state index contributed by atoms with van der Waals surface area (Å²) in [6.45, 7) is 1.91. The van der Waals surface area contributed by atoms with Gasteiger partial charge >= 0.3 is 0 Å². The molecule has 0 radical (unpaired) electrons. The Kier molecular flexibility index (Phi) is 4.60. The lowest BCUT2D eigenvalue weighted by Crippen LogP contribution is -2.39. The molecule has 1 saturated heterocycles. The Labute approximate surface area is 112 Å². The number of ether oxygens (including phenoxy) is 1. The Morgan fingerprint density at radius 2 is 2.11 bits per heavy atom. The van der Waals surface area contributed by atoms with E-state index in [9.17, 15) is 9.18 Å². The van der Waals surface area contributed by atoms with Crippen LogP contribution in [0.3, 0.4) is 0 Å². The van der Waals surface area contributed by atoms with Gasteiger partial charge in [-0.05, 0) is 31.4 Å². The minimum Gasteiger partial charge on any atom is -0.494 e. The number of hydrogen-bond donors (Lipinski definition) is 1. The molecule has 5 heteroatoms. The number of carbonyl (C=O) groups is 1. The molecule has 1 heterocycles. The number of anilines is 1. The van der Waals surface area contributed by atoms with Gasteiger partial charge in [-0.3, -0.25) is 4.79 Å². The molecule has 0 atom stereocenters. The van der Waals surface area contributed by atoms with Crippen molar-refractivity contribution in [2.24, 2.45) is 0 Å². The molecule has 0 aliphatic carbocycles. The van der Waals surface area contributed by atoms with Crippen molar-refractivity contribution in [2.75, 3.05) is 32.1 Å². The van der Waals surface area contributed by atoms with Gasteiger partial charge in [-0.15, -0.1) is 0 Å². The van der Waals surface area contributed by atoms with Crippen molar-refractivity contribution < 1.29 is 13.9 Å². The average Bonchev–Trinajstić information content (AvgIpc) is 2.47. The third kappa shape index (κ3) is 3.59. The standard InChI is InChI=1S/C14H19FN2O2/c1-19-13-9-11(5-6-12(13)15)16-10-14(18)17-7-3-2-4-8-17/h5-6,9,16H,2-4,7-8,10H2,1H3. The lowest BCUT2D eigenvalue weighted by Gasteiger charge is -2.26. The first kappa shape index (κ1) is 13.6. The molecule has 0 bridgehead atoms. The Morgan fingerprint density at radius 3 is 2.79 bits per heavy atom. The average molecular weight is 266 g/mol. The fourth-order valence-corrected chi connectivity index (χ4v) is 2.20. The van der Waals surface area contributed by atoms with Gasteiger partial charge in [-0.25, -0.2) is 4.39 Å². The highest BCUT2D eigenvalue weighted by Crippen LogP contribution is 2.21. The normalized spacial score (nSPS) is 15.2. The van der Waals surface area contributed by atoms with Gasteiger partial charge < -0.3 is 15.0 Å². The highest BCUT2D eigenvalue weighted by Gasteiger charge is 2.16. The number of likely N-dealkylation sites (tertiary alicyclic amines) is 1. The molecule has 0 spiro atoms. The zero-order valence-corrected chi connectivity index (χ0v) is 11.1. The van der Waals surface area contributed by atoms with E-state index in [0.717, 1.165) is 25.9 Å². The third-order valence-corrected chi connectivity index (χ3v) is 3.30. The van der Waals surface area contributed by atoms with Gasteiger partial charge in [0.05, 0.1) is 13.7 Å². The van der Waals surface area contributed by atoms with Crippen LogP contribution in [0.2, 0.25) is 0 Å². The molecule has 4 nitrogen and oxygen atoms in total. The molecular formula is C14H19FN2O2. The smallest absolute Gasteiger partial charge is 0.241 e. The van der Waals surface area contributed by atoms with Crippen molar-refractivity contribution in [3.8, 4) is 5.75 Å². The molecule has 1 aromatic carbocycles. The van der Waals surface area contributed by atoms with Gasteiger partial charge in [0.2, 0.25) is 5.91 Å². The van der Waals surface area contributed by atoms with Gasteiger partial charge in [-0.2, -0.15) is 0 Å². The lowest BCUT2D eigenvalue weighted by molar-refractivity contribution is -0.130. The van der Waals surface area contributed by atoms with E-state index in [1.807, 2.05) is 4.90 Å². The number of nitrogens with zero attached hydrogens (tertiary/aromatic N) is 1. The number of hydrogen-bond acceptors (Lipinski definition) is 3. The van der Waals surface area contributed by atoms with E-state index >= 15 is 0 Å². The zero-order chi connectivity index (χ0) is 13.7. The number of rotatable bonds is 4. The summed E-state index contributed by atoms with van der Waals surface area (Å²) in [6, 6.07) is 4.48. The van der Waals surface area contributed by atoms with E-state index in [1.54, 1.807) is 12.1 Å². The molecule has 104 valence electrons. The van der Waals surface area contributed by atoms with Gasteiger partial charge in [0.15, 0.2) is 11.6 Å². The molecule has 0 saturated carbocycles. The number of nitrogens with one attached hydrogen (secondary N) is 1. The second-order valence-electron chi connectivity index (χ2n) is 4.64. The zero-order valence-electron chi connectivity index (χ0n) is 11.1.